The lowest BCUT2D eigenvalue weighted by Gasteiger charge is -2.51. The van der Waals surface area contributed by atoms with Gasteiger partial charge in [0, 0.05) is 35.8 Å². The van der Waals surface area contributed by atoms with Gasteiger partial charge in [0.15, 0.2) is 5.41 Å². The van der Waals surface area contributed by atoms with E-state index in [1.54, 1.807) is 25.1 Å². The normalized spacial score (nSPS) is 22.1. The molecule has 9 nitrogen and oxygen atoms in total. The Bertz CT molecular complexity index is 1220. The smallest absolute Gasteiger partial charge is 0.335 e. The van der Waals surface area contributed by atoms with Crippen molar-refractivity contribution in [1.29, 1.82) is 0 Å². The van der Waals surface area contributed by atoms with Gasteiger partial charge in [0.25, 0.3) is 11.6 Å². The van der Waals surface area contributed by atoms with E-state index in [2.05, 4.69) is 5.32 Å². The third-order valence-corrected chi connectivity index (χ3v) is 6.91. The zero-order chi connectivity index (χ0) is 24.8. The number of fused-ring (bicyclic) bond motifs is 1. The van der Waals surface area contributed by atoms with Gasteiger partial charge in [-0.1, -0.05) is 31.5 Å². The van der Waals surface area contributed by atoms with Gasteiger partial charge in [0.05, 0.1) is 16.7 Å². The average molecular weight is 485 g/mol. The summed E-state index contributed by atoms with van der Waals surface area (Å²) in [6.45, 7) is 6.15. The fourth-order valence-corrected chi connectivity index (χ4v) is 5.36. The van der Waals surface area contributed by atoms with Gasteiger partial charge in [-0.2, -0.15) is 0 Å². The van der Waals surface area contributed by atoms with Gasteiger partial charge >= 0.3 is 6.03 Å². The number of barbiturate groups is 1. The molecule has 0 saturated carbocycles. The fraction of sp³-hybridized carbons (Fsp3) is 0.375. The number of anilines is 2. The zero-order valence-corrected chi connectivity index (χ0v) is 19.9. The van der Waals surface area contributed by atoms with Crippen molar-refractivity contribution in [3.05, 3.63) is 62.7 Å². The maximum Gasteiger partial charge on any atom is 0.335 e. The molecule has 2 aromatic rings. The molecule has 0 aromatic heterocycles. The number of nitro benzene ring substituents is 1. The third kappa shape index (κ3) is 3.51. The van der Waals surface area contributed by atoms with E-state index in [4.69, 9.17) is 11.6 Å². The molecular weight excluding hydrogens is 460 g/mol. The summed E-state index contributed by atoms with van der Waals surface area (Å²) < 4.78 is 0. The Morgan fingerprint density at radius 1 is 1.15 bits per heavy atom. The summed E-state index contributed by atoms with van der Waals surface area (Å²) in [5.41, 5.74) is 0.448. The van der Waals surface area contributed by atoms with E-state index in [0.29, 0.717) is 34.8 Å². The number of nitrogens with zero attached hydrogens (tertiary/aromatic N) is 3. The average Bonchev–Trinajstić information content (AvgIpc) is 2.79. The number of nitro groups is 1. The van der Waals surface area contributed by atoms with Crippen molar-refractivity contribution < 1.29 is 19.3 Å². The molecule has 2 aromatic carbocycles. The molecule has 0 unspecified atom stereocenters. The van der Waals surface area contributed by atoms with Crippen molar-refractivity contribution in [2.24, 2.45) is 5.41 Å². The van der Waals surface area contributed by atoms with E-state index in [-0.39, 0.29) is 12.1 Å². The minimum Gasteiger partial charge on any atom is -0.367 e. The summed E-state index contributed by atoms with van der Waals surface area (Å²) >= 11 is 6.16. The highest BCUT2D eigenvalue weighted by Crippen LogP contribution is 2.47. The number of benzene rings is 2. The minimum absolute atomic E-state index is 0.0587. The summed E-state index contributed by atoms with van der Waals surface area (Å²) in [7, 11) is 0. The quantitative estimate of drug-likeness (QED) is 0.383. The van der Waals surface area contributed by atoms with E-state index in [1.807, 2.05) is 18.7 Å². The first kappa shape index (κ1) is 23.7. The summed E-state index contributed by atoms with van der Waals surface area (Å²) in [5, 5.41) is 14.2. The standard InChI is InChI=1S/C24H25ClN4O5/c1-4-10-27-18-9-8-17(29(33)34)11-15(18)13-24(20(27)5-2)21(30)26-23(32)28(22(24)31)19-12-16(25)7-6-14(19)3/h6-9,11-12,20H,4-5,10,13H2,1-3H3,(H,26,30,32)/t20-,24-/m1/s1. The maximum absolute atomic E-state index is 14.2. The van der Waals surface area contributed by atoms with E-state index >= 15 is 0 Å². The molecule has 0 bridgehead atoms. The Hall–Kier alpha value is -3.46. The fourth-order valence-electron chi connectivity index (χ4n) is 5.19. The molecule has 2 heterocycles. The number of carbonyl (C=O) groups is 3. The van der Waals surface area contributed by atoms with Crippen LogP contribution in [0.4, 0.5) is 21.9 Å². The van der Waals surface area contributed by atoms with Gasteiger partial charge in [0.1, 0.15) is 0 Å². The second-order valence-electron chi connectivity index (χ2n) is 8.67. The van der Waals surface area contributed by atoms with Crippen molar-refractivity contribution in [3.63, 3.8) is 0 Å². The molecule has 4 amide bonds. The molecule has 1 saturated heterocycles. The number of carbonyl (C=O) groups excluding carboxylic acids is 3. The summed E-state index contributed by atoms with van der Waals surface area (Å²) in [6.07, 6.45) is 1.12. The third-order valence-electron chi connectivity index (χ3n) is 6.67. The van der Waals surface area contributed by atoms with Gasteiger partial charge in [-0.15, -0.1) is 0 Å². The molecule has 2 atom stereocenters. The first-order valence-electron chi connectivity index (χ1n) is 11.2. The Labute approximate surface area is 201 Å². The molecule has 2 aliphatic rings. The van der Waals surface area contributed by atoms with Crippen LogP contribution < -0.4 is 15.1 Å². The molecule has 1 N–H and O–H groups in total. The molecule has 1 fully saturated rings. The van der Waals surface area contributed by atoms with Crippen LogP contribution >= 0.6 is 11.6 Å². The molecule has 1 spiro atoms. The Kier molecular flexibility index (Phi) is 6.07. The van der Waals surface area contributed by atoms with E-state index < -0.39 is 34.2 Å². The van der Waals surface area contributed by atoms with Gasteiger partial charge in [0.2, 0.25) is 5.91 Å². The number of rotatable bonds is 5. The van der Waals surface area contributed by atoms with Crippen LogP contribution in [-0.2, 0) is 16.0 Å². The molecule has 178 valence electrons. The van der Waals surface area contributed by atoms with Crippen molar-refractivity contribution in [3.8, 4) is 0 Å². The predicted molar refractivity (Wildman–Crippen MR) is 128 cm³/mol. The van der Waals surface area contributed by atoms with Crippen LogP contribution in [0, 0.1) is 22.5 Å². The first-order valence-corrected chi connectivity index (χ1v) is 11.5. The van der Waals surface area contributed by atoms with Gasteiger partial charge < -0.3 is 4.90 Å². The molecular formula is C24H25ClN4O5. The minimum atomic E-state index is -1.64. The number of hydrogen-bond acceptors (Lipinski definition) is 6. The number of nitrogens with one attached hydrogen (secondary N) is 1. The van der Waals surface area contributed by atoms with Crippen LogP contribution in [-0.4, -0.2) is 35.4 Å². The van der Waals surface area contributed by atoms with Crippen molar-refractivity contribution in [2.75, 3.05) is 16.3 Å². The SMILES string of the molecule is CCCN1c2ccc([N+](=O)[O-])cc2C[C@]2(C(=O)NC(=O)N(c3cc(Cl)ccc3C)C2=O)[C@H]1CC. The number of non-ortho nitro benzene ring substituents is 1. The van der Waals surface area contributed by atoms with E-state index in [9.17, 15) is 24.5 Å². The number of amides is 4. The maximum atomic E-state index is 14.2. The van der Waals surface area contributed by atoms with E-state index in [1.165, 1.54) is 18.2 Å². The molecule has 10 heteroatoms. The Morgan fingerprint density at radius 2 is 1.88 bits per heavy atom. The lowest BCUT2D eigenvalue weighted by molar-refractivity contribution is -0.384. The summed E-state index contributed by atoms with van der Waals surface area (Å²) in [4.78, 5) is 54.5. The van der Waals surface area contributed by atoms with Gasteiger partial charge in [-0.05, 0) is 49.1 Å². The number of halogens is 1. The van der Waals surface area contributed by atoms with Crippen LogP contribution in [0.2, 0.25) is 5.02 Å². The Morgan fingerprint density at radius 3 is 2.53 bits per heavy atom. The highest BCUT2D eigenvalue weighted by Gasteiger charge is 2.62. The van der Waals surface area contributed by atoms with Crippen molar-refractivity contribution in [2.45, 2.75) is 46.1 Å². The monoisotopic (exact) mass is 484 g/mol. The highest BCUT2D eigenvalue weighted by molar-refractivity contribution is 6.33. The first-order chi connectivity index (χ1) is 16.1. The number of urea groups is 1. The predicted octanol–water partition coefficient (Wildman–Crippen LogP) is 4.38. The zero-order valence-electron chi connectivity index (χ0n) is 19.1. The highest BCUT2D eigenvalue weighted by atomic mass is 35.5. The second-order valence-corrected chi connectivity index (χ2v) is 9.10. The number of imide groups is 2. The molecule has 0 radical (unpaired) electrons. The molecule has 0 aliphatic carbocycles. The molecule has 2 aliphatic heterocycles. The lowest BCUT2D eigenvalue weighted by atomic mass is 9.67. The lowest BCUT2D eigenvalue weighted by Crippen LogP contribution is -2.72. The van der Waals surface area contributed by atoms with Crippen LogP contribution in [0.25, 0.3) is 0 Å². The Balaban J connectivity index is 1.93. The molecule has 34 heavy (non-hydrogen) atoms. The topological polar surface area (TPSA) is 113 Å². The van der Waals surface area contributed by atoms with Gasteiger partial charge in [-0.25, -0.2) is 9.69 Å². The largest absolute Gasteiger partial charge is 0.367 e. The van der Waals surface area contributed by atoms with Gasteiger partial charge in [-0.3, -0.25) is 25.0 Å². The second kappa shape index (κ2) is 8.72. The number of aryl methyl sites for hydroxylation is 1. The van der Waals surface area contributed by atoms with Crippen molar-refractivity contribution in [1.82, 2.24) is 5.32 Å². The van der Waals surface area contributed by atoms with Crippen molar-refractivity contribution >= 4 is 46.5 Å². The summed E-state index contributed by atoms with van der Waals surface area (Å²) in [6, 6.07) is 8.00. The van der Waals surface area contributed by atoms with E-state index in [0.717, 1.165) is 17.0 Å². The summed E-state index contributed by atoms with van der Waals surface area (Å²) in [5.74, 6) is -1.35. The van der Waals surface area contributed by atoms with Crippen LogP contribution in [0.5, 0.6) is 0 Å². The molecule has 4 rings (SSSR count). The van der Waals surface area contributed by atoms with Crippen LogP contribution in [0.3, 0.4) is 0 Å². The van der Waals surface area contributed by atoms with Crippen LogP contribution in [0.15, 0.2) is 36.4 Å². The number of hydrogen-bond donors (Lipinski definition) is 1. The van der Waals surface area contributed by atoms with Crippen LogP contribution in [0.1, 0.15) is 37.8 Å².